The maximum absolute atomic E-state index is 13.5. The lowest BCUT2D eigenvalue weighted by Crippen LogP contribution is -2.23. The second kappa shape index (κ2) is 9.33. The van der Waals surface area contributed by atoms with Gasteiger partial charge in [0.2, 0.25) is 0 Å². The van der Waals surface area contributed by atoms with E-state index in [2.05, 4.69) is 16.9 Å². The van der Waals surface area contributed by atoms with E-state index in [4.69, 9.17) is 9.47 Å². The minimum absolute atomic E-state index is 0.0713. The summed E-state index contributed by atoms with van der Waals surface area (Å²) in [4.78, 5) is 9.15. The maximum atomic E-state index is 13.5. The molecular formula is C21H28F3N3O2. The zero-order valence-corrected chi connectivity index (χ0v) is 17.5. The van der Waals surface area contributed by atoms with Crippen molar-refractivity contribution in [1.29, 1.82) is 0 Å². The maximum Gasteiger partial charge on any atom is 0.421 e. The molecular weight excluding hydrogens is 383 g/mol. The molecule has 0 unspecified atom stereocenters. The molecule has 0 aliphatic heterocycles. The molecule has 0 aliphatic rings. The van der Waals surface area contributed by atoms with Crippen LogP contribution in [0.5, 0.6) is 11.8 Å². The van der Waals surface area contributed by atoms with Gasteiger partial charge in [0.15, 0.2) is 5.82 Å². The molecule has 1 aromatic carbocycles. The molecule has 0 fully saturated rings. The van der Waals surface area contributed by atoms with Gasteiger partial charge in [-0.3, -0.25) is 0 Å². The molecule has 29 heavy (non-hydrogen) atoms. The summed E-state index contributed by atoms with van der Waals surface area (Å²) in [6.07, 6.45) is -1.06. The third kappa shape index (κ3) is 6.80. The van der Waals surface area contributed by atoms with Gasteiger partial charge in [-0.2, -0.15) is 18.2 Å². The molecule has 5 nitrogen and oxygen atoms in total. The Kier molecular flexibility index (Phi) is 7.32. The molecule has 0 saturated heterocycles. The standard InChI is InChI=1S/C21H28F3N3O2/c1-6-7-8-12-28-19-25-14-17(21(22,23)24)18(26-19)27(5)15-10-9-11-16(13-15)29-20(2,3)4/h9-11,13-14H,6-8,12H2,1-5H3. The van der Waals surface area contributed by atoms with Gasteiger partial charge in [-0.1, -0.05) is 25.8 Å². The molecule has 0 bridgehead atoms. The van der Waals surface area contributed by atoms with E-state index < -0.39 is 17.3 Å². The molecule has 8 heteroatoms. The monoisotopic (exact) mass is 411 g/mol. The third-order valence-electron chi connectivity index (χ3n) is 3.98. The Hall–Kier alpha value is -2.51. The van der Waals surface area contributed by atoms with E-state index in [0.717, 1.165) is 25.5 Å². The molecule has 0 atom stereocenters. The first-order valence-corrected chi connectivity index (χ1v) is 9.61. The van der Waals surface area contributed by atoms with Gasteiger partial charge in [-0.15, -0.1) is 0 Å². The summed E-state index contributed by atoms with van der Waals surface area (Å²) in [5.41, 5.74) is -0.848. The number of ether oxygens (including phenoxy) is 2. The molecule has 0 saturated carbocycles. The second-order valence-corrected chi connectivity index (χ2v) is 7.71. The molecule has 2 aromatic rings. The lowest BCUT2D eigenvalue weighted by molar-refractivity contribution is -0.137. The number of rotatable bonds is 8. The van der Waals surface area contributed by atoms with Crippen molar-refractivity contribution in [2.24, 2.45) is 0 Å². The SMILES string of the molecule is CCCCCOc1ncc(C(F)(F)F)c(N(C)c2cccc(OC(C)(C)C)c2)n1. The number of hydrogen-bond acceptors (Lipinski definition) is 5. The lowest BCUT2D eigenvalue weighted by atomic mass is 10.2. The zero-order chi connectivity index (χ0) is 21.7. The number of anilines is 2. The average Bonchev–Trinajstić information content (AvgIpc) is 2.62. The number of alkyl halides is 3. The Morgan fingerprint density at radius 2 is 1.83 bits per heavy atom. The van der Waals surface area contributed by atoms with Crippen LogP contribution in [0.15, 0.2) is 30.5 Å². The van der Waals surface area contributed by atoms with E-state index in [-0.39, 0.29) is 11.8 Å². The molecule has 0 aliphatic carbocycles. The predicted octanol–water partition coefficient (Wildman–Crippen LogP) is 6.01. The highest BCUT2D eigenvalue weighted by Gasteiger charge is 2.37. The summed E-state index contributed by atoms with van der Waals surface area (Å²) in [5, 5.41) is 0. The van der Waals surface area contributed by atoms with Crippen LogP contribution in [-0.2, 0) is 6.18 Å². The fourth-order valence-electron chi connectivity index (χ4n) is 2.63. The highest BCUT2D eigenvalue weighted by Crippen LogP contribution is 2.38. The van der Waals surface area contributed by atoms with Crippen LogP contribution >= 0.6 is 0 Å². The van der Waals surface area contributed by atoms with Crippen LogP contribution in [-0.4, -0.2) is 29.2 Å². The van der Waals surface area contributed by atoms with Gasteiger partial charge < -0.3 is 14.4 Å². The third-order valence-corrected chi connectivity index (χ3v) is 3.98. The van der Waals surface area contributed by atoms with Crippen molar-refractivity contribution in [2.45, 2.75) is 58.7 Å². The van der Waals surface area contributed by atoms with E-state index >= 15 is 0 Å². The molecule has 0 spiro atoms. The summed E-state index contributed by atoms with van der Waals surface area (Å²) in [5.74, 6) is 0.284. The van der Waals surface area contributed by atoms with Crippen LogP contribution in [0.2, 0.25) is 0 Å². The summed E-state index contributed by atoms with van der Waals surface area (Å²) in [6, 6.07) is 6.78. The van der Waals surface area contributed by atoms with E-state index in [0.29, 0.717) is 18.0 Å². The van der Waals surface area contributed by atoms with Gasteiger partial charge in [0.25, 0.3) is 0 Å². The van der Waals surface area contributed by atoms with Crippen LogP contribution in [0.3, 0.4) is 0 Å². The minimum atomic E-state index is -4.59. The predicted molar refractivity (Wildman–Crippen MR) is 107 cm³/mol. The quantitative estimate of drug-likeness (QED) is 0.498. The fourth-order valence-corrected chi connectivity index (χ4v) is 2.63. The van der Waals surface area contributed by atoms with Crippen LogP contribution < -0.4 is 14.4 Å². The summed E-state index contributed by atoms with van der Waals surface area (Å²) in [6.45, 7) is 8.11. The Bertz CT molecular complexity index is 804. The summed E-state index contributed by atoms with van der Waals surface area (Å²) >= 11 is 0. The summed E-state index contributed by atoms with van der Waals surface area (Å²) in [7, 11) is 1.52. The lowest BCUT2D eigenvalue weighted by Gasteiger charge is -2.25. The van der Waals surface area contributed by atoms with Gasteiger partial charge in [-0.05, 0) is 39.3 Å². The first-order valence-electron chi connectivity index (χ1n) is 9.61. The molecule has 160 valence electrons. The number of nitrogens with zero attached hydrogens (tertiary/aromatic N) is 3. The number of halogens is 3. The molecule has 0 N–H and O–H groups in total. The Morgan fingerprint density at radius 3 is 2.45 bits per heavy atom. The van der Waals surface area contributed by atoms with Crippen molar-refractivity contribution >= 4 is 11.5 Å². The van der Waals surface area contributed by atoms with Gasteiger partial charge in [0, 0.05) is 25.0 Å². The highest BCUT2D eigenvalue weighted by atomic mass is 19.4. The van der Waals surface area contributed by atoms with E-state index in [1.807, 2.05) is 20.8 Å². The number of aromatic nitrogens is 2. The normalized spacial score (nSPS) is 12.0. The van der Waals surface area contributed by atoms with Crippen molar-refractivity contribution < 1.29 is 22.6 Å². The van der Waals surface area contributed by atoms with Crippen molar-refractivity contribution in [2.75, 3.05) is 18.6 Å². The van der Waals surface area contributed by atoms with Crippen molar-refractivity contribution in [3.63, 3.8) is 0 Å². The summed E-state index contributed by atoms with van der Waals surface area (Å²) < 4.78 is 51.9. The Labute approximate surface area is 169 Å². The Balaban J connectivity index is 2.35. The van der Waals surface area contributed by atoms with Crippen LogP contribution in [0.25, 0.3) is 0 Å². The minimum Gasteiger partial charge on any atom is -0.488 e. The zero-order valence-electron chi connectivity index (χ0n) is 17.5. The molecule has 1 aromatic heterocycles. The molecule has 2 rings (SSSR count). The van der Waals surface area contributed by atoms with Gasteiger partial charge in [0.1, 0.15) is 16.9 Å². The van der Waals surface area contributed by atoms with Crippen LogP contribution in [0.4, 0.5) is 24.7 Å². The topological polar surface area (TPSA) is 47.5 Å². The average molecular weight is 411 g/mol. The van der Waals surface area contributed by atoms with E-state index in [1.54, 1.807) is 24.3 Å². The van der Waals surface area contributed by atoms with Crippen molar-refractivity contribution in [1.82, 2.24) is 9.97 Å². The Morgan fingerprint density at radius 1 is 1.10 bits per heavy atom. The first-order chi connectivity index (χ1) is 13.5. The van der Waals surface area contributed by atoms with Gasteiger partial charge >= 0.3 is 12.2 Å². The largest absolute Gasteiger partial charge is 0.488 e. The number of benzene rings is 1. The molecule has 0 amide bonds. The van der Waals surface area contributed by atoms with Gasteiger partial charge in [-0.25, -0.2) is 4.98 Å². The smallest absolute Gasteiger partial charge is 0.421 e. The van der Waals surface area contributed by atoms with E-state index in [1.165, 1.54) is 11.9 Å². The van der Waals surface area contributed by atoms with Crippen LogP contribution in [0, 0.1) is 0 Å². The molecule has 1 heterocycles. The number of hydrogen-bond donors (Lipinski definition) is 0. The highest BCUT2D eigenvalue weighted by molar-refractivity contribution is 5.64. The van der Waals surface area contributed by atoms with Crippen LogP contribution in [0.1, 0.15) is 52.5 Å². The fraction of sp³-hybridized carbons (Fsp3) is 0.524. The van der Waals surface area contributed by atoms with E-state index in [9.17, 15) is 13.2 Å². The van der Waals surface area contributed by atoms with Crippen molar-refractivity contribution in [3.8, 4) is 11.8 Å². The molecule has 0 radical (unpaired) electrons. The second-order valence-electron chi connectivity index (χ2n) is 7.71. The van der Waals surface area contributed by atoms with Crippen molar-refractivity contribution in [3.05, 3.63) is 36.0 Å². The first kappa shape index (κ1) is 22.8. The van der Waals surface area contributed by atoms with Gasteiger partial charge in [0.05, 0.1) is 6.61 Å². The number of unbranched alkanes of at least 4 members (excludes halogenated alkanes) is 2.